The first kappa shape index (κ1) is 23.9. The highest BCUT2D eigenvalue weighted by Crippen LogP contribution is 2.42. The lowest BCUT2D eigenvalue weighted by Crippen LogP contribution is -2.46. The molecule has 0 aliphatic carbocycles. The Morgan fingerprint density at radius 2 is 1.85 bits per heavy atom. The summed E-state index contributed by atoms with van der Waals surface area (Å²) in [5.74, 6) is -1.19. The number of halogens is 1. The first-order valence-corrected chi connectivity index (χ1v) is 12.0. The van der Waals surface area contributed by atoms with Gasteiger partial charge in [0.25, 0.3) is 5.91 Å². The quantitative estimate of drug-likeness (QED) is 0.442. The molecule has 1 N–H and O–H groups in total. The molecule has 1 atom stereocenters. The fourth-order valence-corrected chi connectivity index (χ4v) is 4.91. The summed E-state index contributed by atoms with van der Waals surface area (Å²) >= 11 is 7.53. The van der Waals surface area contributed by atoms with Gasteiger partial charge in [-0.15, -0.1) is 0 Å². The highest BCUT2D eigenvalue weighted by molar-refractivity contribution is 7.99. The van der Waals surface area contributed by atoms with Crippen LogP contribution in [-0.2, 0) is 9.53 Å². The maximum absolute atomic E-state index is 13.7. The fraction of sp³-hybridized carbons (Fsp3) is 0.192. The third-order valence-electron chi connectivity index (χ3n) is 5.51. The second kappa shape index (κ2) is 9.91. The number of rotatable bonds is 5. The Hall–Kier alpha value is -3.29. The van der Waals surface area contributed by atoms with Gasteiger partial charge in [-0.3, -0.25) is 14.5 Å². The van der Waals surface area contributed by atoms with Gasteiger partial charge in [0.05, 0.1) is 23.4 Å². The predicted octanol–water partition coefficient (Wildman–Crippen LogP) is 5.96. The zero-order chi connectivity index (χ0) is 24.4. The molecular weight excluding hydrogens is 472 g/mol. The minimum Gasteiger partial charge on any atom is -0.462 e. The Bertz CT molecular complexity index is 1290. The molecule has 0 saturated carbocycles. The molecule has 174 valence electrons. The minimum absolute atomic E-state index is 0.233. The van der Waals surface area contributed by atoms with Gasteiger partial charge >= 0.3 is 5.97 Å². The standard InChI is InChI=1S/C26H23ClN2O4S/c1-4-33-26(32)17-10-12-23-21(13-17)29(25(31)19-7-5-6-8-22(19)34-23)16(3)24(30)28-20-14-18(27)11-9-15(20)2/h5-14,16H,4H2,1-3H3,(H,28,30). The molecule has 0 fully saturated rings. The number of benzene rings is 3. The Kier molecular flexibility index (Phi) is 6.95. The second-order valence-corrected chi connectivity index (χ2v) is 9.32. The maximum atomic E-state index is 13.7. The first-order chi connectivity index (χ1) is 16.3. The third-order valence-corrected chi connectivity index (χ3v) is 6.89. The molecule has 1 aliphatic heterocycles. The number of hydrogen-bond acceptors (Lipinski definition) is 5. The van der Waals surface area contributed by atoms with E-state index in [0.29, 0.717) is 27.5 Å². The minimum atomic E-state index is -0.881. The Morgan fingerprint density at radius 1 is 1.09 bits per heavy atom. The van der Waals surface area contributed by atoms with Crippen LogP contribution in [0.3, 0.4) is 0 Å². The van der Waals surface area contributed by atoms with E-state index >= 15 is 0 Å². The zero-order valence-electron chi connectivity index (χ0n) is 18.9. The largest absolute Gasteiger partial charge is 0.462 e. The van der Waals surface area contributed by atoms with Gasteiger partial charge < -0.3 is 10.1 Å². The monoisotopic (exact) mass is 494 g/mol. The van der Waals surface area contributed by atoms with Crippen LogP contribution in [0.15, 0.2) is 70.5 Å². The molecule has 3 aromatic carbocycles. The summed E-state index contributed by atoms with van der Waals surface area (Å²) in [7, 11) is 0. The average molecular weight is 495 g/mol. The van der Waals surface area contributed by atoms with Crippen LogP contribution in [-0.4, -0.2) is 30.4 Å². The summed E-state index contributed by atoms with van der Waals surface area (Å²) in [4.78, 5) is 42.4. The number of fused-ring (bicyclic) bond motifs is 2. The summed E-state index contributed by atoms with van der Waals surface area (Å²) < 4.78 is 5.14. The SMILES string of the molecule is CCOC(=O)c1ccc2c(c1)N(C(C)C(=O)Nc1cc(Cl)ccc1C)C(=O)c1ccccc1S2. The van der Waals surface area contributed by atoms with Crippen molar-refractivity contribution in [2.24, 2.45) is 0 Å². The third kappa shape index (κ3) is 4.67. The smallest absolute Gasteiger partial charge is 0.338 e. The number of aryl methyl sites for hydroxylation is 1. The Labute approximate surface area is 207 Å². The molecule has 0 spiro atoms. The topological polar surface area (TPSA) is 75.7 Å². The average Bonchev–Trinajstić information content (AvgIpc) is 2.94. The number of hydrogen-bond donors (Lipinski definition) is 1. The van der Waals surface area contributed by atoms with Gasteiger partial charge in [0.1, 0.15) is 6.04 Å². The lowest BCUT2D eigenvalue weighted by molar-refractivity contribution is -0.117. The van der Waals surface area contributed by atoms with Gasteiger partial charge in [-0.2, -0.15) is 0 Å². The number of carbonyl (C=O) groups is 3. The number of carbonyl (C=O) groups excluding carboxylic acids is 3. The van der Waals surface area contributed by atoms with Gasteiger partial charge in [-0.25, -0.2) is 4.79 Å². The number of esters is 1. The van der Waals surface area contributed by atoms with Crippen LogP contribution in [0.1, 0.15) is 40.1 Å². The van der Waals surface area contributed by atoms with Crippen LogP contribution >= 0.6 is 23.4 Å². The lowest BCUT2D eigenvalue weighted by atomic mass is 10.1. The van der Waals surface area contributed by atoms with Crippen LogP contribution in [0.2, 0.25) is 5.02 Å². The molecule has 2 amide bonds. The van der Waals surface area contributed by atoms with Crippen molar-refractivity contribution < 1.29 is 19.1 Å². The van der Waals surface area contributed by atoms with Crippen LogP contribution in [0.4, 0.5) is 11.4 Å². The van der Waals surface area contributed by atoms with Crippen LogP contribution in [0.5, 0.6) is 0 Å². The Morgan fingerprint density at radius 3 is 2.62 bits per heavy atom. The van der Waals surface area contributed by atoms with E-state index in [1.165, 1.54) is 16.7 Å². The van der Waals surface area contributed by atoms with Gasteiger partial charge in [-0.1, -0.05) is 41.6 Å². The van der Waals surface area contributed by atoms with Gasteiger partial charge in [0.15, 0.2) is 0 Å². The lowest BCUT2D eigenvalue weighted by Gasteiger charge is -2.29. The van der Waals surface area contributed by atoms with Crippen molar-refractivity contribution in [3.8, 4) is 0 Å². The van der Waals surface area contributed by atoms with Crippen molar-refractivity contribution in [1.29, 1.82) is 0 Å². The number of amides is 2. The molecular formula is C26H23ClN2O4S. The number of nitrogens with one attached hydrogen (secondary N) is 1. The van der Waals surface area contributed by atoms with Crippen molar-refractivity contribution >= 4 is 52.5 Å². The highest BCUT2D eigenvalue weighted by Gasteiger charge is 2.34. The van der Waals surface area contributed by atoms with Crippen molar-refractivity contribution in [2.75, 3.05) is 16.8 Å². The second-order valence-electron chi connectivity index (χ2n) is 7.80. The van der Waals surface area contributed by atoms with E-state index in [1.807, 2.05) is 25.1 Å². The Balaban J connectivity index is 1.78. The van der Waals surface area contributed by atoms with Crippen molar-refractivity contribution in [3.05, 3.63) is 82.4 Å². The van der Waals surface area contributed by atoms with Crippen LogP contribution in [0.25, 0.3) is 0 Å². The predicted molar refractivity (Wildman–Crippen MR) is 134 cm³/mol. The molecule has 8 heteroatoms. The highest BCUT2D eigenvalue weighted by atomic mass is 35.5. The number of anilines is 2. The summed E-state index contributed by atoms with van der Waals surface area (Å²) in [6.07, 6.45) is 0. The molecule has 1 unspecified atom stereocenters. The summed E-state index contributed by atoms with van der Waals surface area (Å²) in [5.41, 5.74) is 2.69. The van der Waals surface area contributed by atoms with Gasteiger partial charge in [0, 0.05) is 20.5 Å². The van der Waals surface area contributed by atoms with E-state index in [-0.39, 0.29) is 18.4 Å². The first-order valence-electron chi connectivity index (χ1n) is 10.8. The maximum Gasteiger partial charge on any atom is 0.338 e. The zero-order valence-corrected chi connectivity index (χ0v) is 20.5. The molecule has 0 radical (unpaired) electrons. The molecule has 4 rings (SSSR count). The molecule has 34 heavy (non-hydrogen) atoms. The van der Waals surface area contributed by atoms with E-state index in [1.54, 1.807) is 56.3 Å². The summed E-state index contributed by atoms with van der Waals surface area (Å²) in [6.45, 7) is 5.48. The van der Waals surface area contributed by atoms with E-state index < -0.39 is 12.0 Å². The molecule has 0 aromatic heterocycles. The molecule has 1 aliphatic rings. The molecule has 0 saturated heterocycles. The van der Waals surface area contributed by atoms with Gasteiger partial charge in [-0.05, 0) is 68.8 Å². The van der Waals surface area contributed by atoms with Crippen molar-refractivity contribution in [3.63, 3.8) is 0 Å². The fourth-order valence-electron chi connectivity index (χ4n) is 3.69. The number of ether oxygens (including phenoxy) is 1. The molecule has 3 aromatic rings. The van der Waals surface area contributed by atoms with Gasteiger partial charge in [0.2, 0.25) is 5.91 Å². The van der Waals surface area contributed by atoms with E-state index in [4.69, 9.17) is 16.3 Å². The molecule has 6 nitrogen and oxygen atoms in total. The summed E-state index contributed by atoms with van der Waals surface area (Å²) in [6, 6.07) is 16.7. The van der Waals surface area contributed by atoms with Crippen LogP contribution in [0, 0.1) is 6.92 Å². The normalized spacial score (nSPS) is 13.4. The van der Waals surface area contributed by atoms with E-state index in [0.717, 1.165) is 15.4 Å². The van der Waals surface area contributed by atoms with E-state index in [9.17, 15) is 14.4 Å². The summed E-state index contributed by atoms with van der Waals surface area (Å²) in [5, 5.41) is 3.38. The van der Waals surface area contributed by atoms with E-state index in [2.05, 4.69) is 5.32 Å². The van der Waals surface area contributed by atoms with Crippen molar-refractivity contribution in [1.82, 2.24) is 0 Å². The van der Waals surface area contributed by atoms with Crippen LogP contribution < -0.4 is 10.2 Å². The van der Waals surface area contributed by atoms with Crippen molar-refractivity contribution in [2.45, 2.75) is 36.6 Å². The molecule has 0 bridgehead atoms. The molecule has 1 heterocycles. The number of nitrogens with zero attached hydrogens (tertiary/aromatic N) is 1.